The first-order valence-electron chi connectivity index (χ1n) is 5.30. The fraction of sp³-hybridized carbons (Fsp3) is 0. The first-order valence-corrected chi connectivity index (χ1v) is 5.30. The molecule has 0 aliphatic carbocycles. The predicted octanol–water partition coefficient (Wildman–Crippen LogP) is 2.51. The lowest BCUT2D eigenvalue weighted by Gasteiger charge is -2.03. The van der Waals surface area contributed by atoms with Crippen molar-refractivity contribution >= 4 is 12.0 Å². The minimum atomic E-state index is -1.05. The van der Waals surface area contributed by atoms with Crippen LogP contribution in [-0.4, -0.2) is 21.0 Å². The third kappa shape index (κ3) is 3.88. The van der Waals surface area contributed by atoms with Crippen molar-refractivity contribution in [2.24, 2.45) is 0 Å². The van der Waals surface area contributed by atoms with Crippen molar-refractivity contribution in [2.45, 2.75) is 0 Å². The van der Waals surface area contributed by atoms with Crippen LogP contribution < -0.4 is 4.74 Å². The molecule has 0 aliphatic heterocycles. The average molecular weight is 260 g/mol. The summed E-state index contributed by atoms with van der Waals surface area (Å²) in [6.07, 6.45) is 5.19. The normalized spacial score (nSPS) is 10.6. The molecule has 1 aromatic heterocycles. The van der Waals surface area contributed by atoms with E-state index < -0.39 is 5.97 Å². The lowest BCUT2D eigenvalue weighted by atomic mass is 10.3. The molecule has 0 amide bonds. The molecule has 0 bridgehead atoms. The van der Waals surface area contributed by atoms with Crippen molar-refractivity contribution in [3.05, 3.63) is 54.1 Å². The number of hydrogen-bond acceptors (Lipinski definition) is 4. The second kappa shape index (κ2) is 5.72. The number of hydrogen-bond donors (Lipinski definition) is 1. The summed E-state index contributed by atoms with van der Waals surface area (Å²) in [7, 11) is 0. The molecule has 0 aliphatic rings. The van der Waals surface area contributed by atoms with Gasteiger partial charge < -0.3 is 9.84 Å². The quantitative estimate of drug-likeness (QED) is 0.855. The van der Waals surface area contributed by atoms with Crippen molar-refractivity contribution in [2.75, 3.05) is 0 Å². The van der Waals surface area contributed by atoms with Gasteiger partial charge in [0.25, 0.3) is 0 Å². The molecule has 2 aromatic rings. The van der Waals surface area contributed by atoms with Crippen LogP contribution in [0.15, 0.2) is 42.7 Å². The zero-order valence-electron chi connectivity index (χ0n) is 9.65. The number of aromatic nitrogens is 2. The topological polar surface area (TPSA) is 72.3 Å². The maximum atomic E-state index is 12.7. The van der Waals surface area contributed by atoms with E-state index in [-0.39, 0.29) is 11.8 Å². The number of rotatable bonds is 4. The summed E-state index contributed by atoms with van der Waals surface area (Å²) in [6, 6.07) is 5.53. The van der Waals surface area contributed by atoms with E-state index in [0.29, 0.717) is 11.3 Å². The van der Waals surface area contributed by atoms with Crippen LogP contribution in [0.1, 0.15) is 5.56 Å². The van der Waals surface area contributed by atoms with Crippen molar-refractivity contribution in [1.29, 1.82) is 0 Å². The number of halogens is 1. The fourth-order valence-corrected chi connectivity index (χ4v) is 1.24. The standard InChI is InChI=1S/C13H9FN2O3/c14-10-2-4-11(5-3-10)19-13-15-7-9(8-16-13)1-6-12(17)18/h1-8H,(H,17,18)/b6-1+. The van der Waals surface area contributed by atoms with Gasteiger partial charge in [-0.05, 0) is 30.3 Å². The Morgan fingerprint density at radius 3 is 2.42 bits per heavy atom. The average Bonchev–Trinajstić information content (AvgIpc) is 2.40. The number of benzene rings is 1. The zero-order chi connectivity index (χ0) is 13.7. The Morgan fingerprint density at radius 1 is 1.21 bits per heavy atom. The molecular formula is C13H9FN2O3. The lowest BCUT2D eigenvalue weighted by molar-refractivity contribution is -0.131. The van der Waals surface area contributed by atoms with Gasteiger partial charge in [0, 0.05) is 24.0 Å². The van der Waals surface area contributed by atoms with E-state index >= 15 is 0 Å². The molecular weight excluding hydrogens is 251 g/mol. The smallest absolute Gasteiger partial charge is 0.328 e. The Kier molecular flexibility index (Phi) is 3.82. The number of carboxylic acids is 1. The van der Waals surface area contributed by atoms with E-state index in [1.54, 1.807) is 0 Å². The zero-order valence-corrected chi connectivity index (χ0v) is 9.65. The molecule has 19 heavy (non-hydrogen) atoms. The van der Waals surface area contributed by atoms with E-state index in [1.807, 2.05) is 0 Å². The van der Waals surface area contributed by atoms with Crippen LogP contribution in [0.2, 0.25) is 0 Å². The second-order valence-electron chi connectivity index (χ2n) is 3.53. The molecule has 1 heterocycles. The molecule has 0 unspecified atom stereocenters. The minimum absolute atomic E-state index is 0.0964. The summed E-state index contributed by atoms with van der Waals surface area (Å²) >= 11 is 0. The van der Waals surface area contributed by atoms with Gasteiger partial charge in [0.15, 0.2) is 0 Å². The molecule has 2 rings (SSSR count). The number of nitrogens with zero attached hydrogens (tertiary/aromatic N) is 2. The summed E-state index contributed by atoms with van der Waals surface area (Å²) in [6.45, 7) is 0. The van der Waals surface area contributed by atoms with Crippen LogP contribution in [-0.2, 0) is 4.79 Å². The molecule has 0 atom stereocenters. The summed E-state index contributed by atoms with van der Waals surface area (Å²) in [5, 5.41) is 8.46. The summed E-state index contributed by atoms with van der Waals surface area (Å²) in [5.41, 5.74) is 0.536. The molecule has 0 radical (unpaired) electrons. The van der Waals surface area contributed by atoms with Gasteiger partial charge in [0.1, 0.15) is 11.6 Å². The Bertz CT molecular complexity index is 594. The Hall–Kier alpha value is -2.76. The highest BCUT2D eigenvalue weighted by Gasteiger charge is 2.00. The van der Waals surface area contributed by atoms with Crippen molar-refractivity contribution < 1.29 is 19.0 Å². The molecule has 0 fully saturated rings. The number of aliphatic carboxylic acids is 1. The molecule has 0 saturated carbocycles. The SMILES string of the molecule is O=C(O)/C=C/c1cnc(Oc2ccc(F)cc2)nc1. The van der Waals surface area contributed by atoms with Gasteiger partial charge in [-0.3, -0.25) is 0 Å². The molecule has 1 N–H and O–H groups in total. The van der Waals surface area contributed by atoms with Gasteiger partial charge in [-0.25, -0.2) is 19.2 Å². The summed E-state index contributed by atoms with van der Waals surface area (Å²) in [5.74, 6) is -0.996. The largest absolute Gasteiger partial charge is 0.478 e. The third-order valence-electron chi connectivity index (χ3n) is 2.09. The van der Waals surface area contributed by atoms with Gasteiger partial charge in [-0.1, -0.05) is 0 Å². The van der Waals surface area contributed by atoms with Crippen molar-refractivity contribution in [3.63, 3.8) is 0 Å². The highest BCUT2D eigenvalue weighted by Crippen LogP contribution is 2.17. The fourth-order valence-electron chi connectivity index (χ4n) is 1.24. The number of ether oxygens (including phenoxy) is 1. The summed E-state index contributed by atoms with van der Waals surface area (Å²) in [4.78, 5) is 18.1. The van der Waals surface area contributed by atoms with Gasteiger partial charge >= 0.3 is 12.0 Å². The van der Waals surface area contributed by atoms with Gasteiger partial charge in [0.2, 0.25) is 0 Å². The minimum Gasteiger partial charge on any atom is -0.478 e. The molecule has 5 nitrogen and oxygen atoms in total. The van der Waals surface area contributed by atoms with Crippen LogP contribution in [0.25, 0.3) is 6.08 Å². The van der Waals surface area contributed by atoms with Crippen LogP contribution in [0.3, 0.4) is 0 Å². The van der Waals surface area contributed by atoms with E-state index in [9.17, 15) is 9.18 Å². The van der Waals surface area contributed by atoms with E-state index in [1.165, 1.54) is 42.7 Å². The second-order valence-corrected chi connectivity index (χ2v) is 3.53. The van der Waals surface area contributed by atoms with Crippen molar-refractivity contribution in [3.8, 4) is 11.8 Å². The molecule has 0 spiro atoms. The maximum Gasteiger partial charge on any atom is 0.328 e. The van der Waals surface area contributed by atoms with Gasteiger partial charge in [-0.15, -0.1) is 0 Å². The first kappa shape index (κ1) is 12.7. The van der Waals surface area contributed by atoms with Crippen LogP contribution >= 0.6 is 0 Å². The third-order valence-corrected chi connectivity index (χ3v) is 2.09. The van der Waals surface area contributed by atoms with Gasteiger partial charge in [0.05, 0.1) is 0 Å². The van der Waals surface area contributed by atoms with Crippen molar-refractivity contribution in [1.82, 2.24) is 9.97 Å². The molecule has 0 saturated heterocycles. The van der Waals surface area contributed by atoms with Crippen LogP contribution in [0.5, 0.6) is 11.8 Å². The molecule has 1 aromatic carbocycles. The Morgan fingerprint density at radius 2 is 1.84 bits per heavy atom. The number of carbonyl (C=O) groups is 1. The Balaban J connectivity index is 2.06. The maximum absolute atomic E-state index is 12.7. The first-order chi connectivity index (χ1) is 9.13. The van der Waals surface area contributed by atoms with E-state index in [0.717, 1.165) is 6.08 Å². The van der Waals surface area contributed by atoms with E-state index in [4.69, 9.17) is 9.84 Å². The lowest BCUT2D eigenvalue weighted by Crippen LogP contribution is -1.92. The monoisotopic (exact) mass is 260 g/mol. The highest BCUT2D eigenvalue weighted by molar-refractivity contribution is 5.85. The van der Waals surface area contributed by atoms with E-state index in [2.05, 4.69) is 9.97 Å². The van der Waals surface area contributed by atoms with Gasteiger partial charge in [-0.2, -0.15) is 0 Å². The predicted molar refractivity (Wildman–Crippen MR) is 65.2 cm³/mol. The van der Waals surface area contributed by atoms with Crippen LogP contribution in [0.4, 0.5) is 4.39 Å². The highest BCUT2D eigenvalue weighted by atomic mass is 19.1. The number of carboxylic acid groups (broad SMARTS) is 1. The van der Waals surface area contributed by atoms with Crippen LogP contribution in [0, 0.1) is 5.82 Å². The molecule has 6 heteroatoms. The molecule has 96 valence electrons. The Labute approximate surface area is 108 Å². The summed E-state index contributed by atoms with van der Waals surface area (Å²) < 4.78 is 18.0.